The molecule has 72 valence electrons. The van der Waals surface area contributed by atoms with Crippen molar-refractivity contribution in [1.82, 2.24) is 0 Å². The summed E-state index contributed by atoms with van der Waals surface area (Å²) in [6.07, 6.45) is 0.393. The zero-order valence-electron chi connectivity index (χ0n) is 7.14. The number of carboxylic acid groups (broad SMARTS) is 1. The molecular formula is C9H12O3S. The third-order valence-electron chi connectivity index (χ3n) is 1.71. The molecule has 0 fully saturated rings. The number of hydrogen-bond donors (Lipinski definition) is 2. The van der Waals surface area contributed by atoms with Crippen molar-refractivity contribution in [3.05, 3.63) is 22.4 Å². The molecule has 0 spiro atoms. The number of aliphatic carboxylic acids is 1. The topological polar surface area (TPSA) is 57.5 Å². The first-order chi connectivity index (χ1) is 6.18. The maximum atomic E-state index is 10.2. The fourth-order valence-electron chi connectivity index (χ4n) is 1.07. The van der Waals surface area contributed by atoms with Gasteiger partial charge in [-0.25, -0.2) is 0 Å². The zero-order chi connectivity index (χ0) is 9.68. The van der Waals surface area contributed by atoms with Gasteiger partial charge < -0.3 is 10.2 Å². The van der Waals surface area contributed by atoms with Gasteiger partial charge in [-0.1, -0.05) is 6.07 Å². The van der Waals surface area contributed by atoms with Crippen molar-refractivity contribution in [1.29, 1.82) is 0 Å². The molecule has 1 atom stereocenters. The van der Waals surface area contributed by atoms with Crippen LogP contribution in [0.15, 0.2) is 17.5 Å². The van der Waals surface area contributed by atoms with E-state index in [1.807, 2.05) is 17.5 Å². The minimum absolute atomic E-state index is 0.161. The van der Waals surface area contributed by atoms with E-state index in [1.54, 1.807) is 11.3 Å². The number of hydrogen-bond acceptors (Lipinski definition) is 3. The van der Waals surface area contributed by atoms with Crippen LogP contribution < -0.4 is 0 Å². The van der Waals surface area contributed by atoms with Gasteiger partial charge in [-0.15, -0.1) is 11.3 Å². The monoisotopic (exact) mass is 200 g/mol. The van der Waals surface area contributed by atoms with Crippen molar-refractivity contribution in [3.8, 4) is 0 Å². The van der Waals surface area contributed by atoms with Crippen LogP contribution in [0.25, 0.3) is 0 Å². The highest BCUT2D eigenvalue weighted by molar-refractivity contribution is 7.09. The Morgan fingerprint density at radius 1 is 1.62 bits per heavy atom. The van der Waals surface area contributed by atoms with Crippen LogP contribution in [0.4, 0.5) is 0 Å². The van der Waals surface area contributed by atoms with E-state index in [4.69, 9.17) is 5.11 Å². The third kappa shape index (κ3) is 4.05. The quantitative estimate of drug-likeness (QED) is 0.757. The molecular weight excluding hydrogens is 188 g/mol. The highest BCUT2D eigenvalue weighted by atomic mass is 32.1. The molecule has 4 heteroatoms. The summed E-state index contributed by atoms with van der Waals surface area (Å²) in [4.78, 5) is 11.4. The van der Waals surface area contributed by atoms with Crippen molar-refractivity contribution in [2.75, 3.05) is 0 Å². The molecule has 1 unspecified atom stereocenters. The van der Waals surface area contributed by atoms with Gasteiger partial charge in [0.1, 0.15) is 0 Å². The number of aliphatic hydroxyl groups is 1. The van der Waals surface area contributed by atoms with Crippen LogP contribution in [-0.2, 0) is 11.2 Å². The molecule has 0 bridgehead atoms. The molecule has 3 nitrogen and oxygen atoms in total. The van der Waals surface area contributed by atoms with Gasteiger partial charge in [0.2, 0.25) is 0 Å². The lowest BCUT2D eigenvalue weighted by Gasteiger charge is -2.05. The molecule has 1 aromatic rings. The number of carboxylic acids is 1. The van der Waals surface area contributed by atoms with Crippen LogP contribution in [0.3, 0.4) is 0 Å². The number of aliphatic hydroxyl groups excluding tert-OH is 1. The Hall–Kier alpha value is -0.870. The van der Waals surface area contributed by atoms with Crippen LogP contribution in [0.5, 0.6) is 0 Å². The van der Waals surface area contributed by atoms with Gasteiger partial charge in [0.05, 0.1) is 12.5 Å². The van der Waals surface area contributed by atoms with Gasteiger partial charge in [0.25, 0.3) is 0 Å². The van der Waals surface area contributed by atoms with Crippen molar-refractivity contribution in [2.24, 2.45) is 0 Å². The van der Waals surface area contributed by atoms with Gasteiger partial charge in [-0.2, -0.15) is 0 Å². The van der Waals surface area contributed by atoms with E-state index in [1.165, 1.54) is 4.88 Å². The fourth-order valence-corrected chi connectivity index (χ4v) is 1.79. The van der Waals surface area contributed by atoms with E-state index < -0.39 is 12.1 Å². The maximum absolute atomic E-state index is 10.2. The second-order valence-corrected chi connectivity index (χ2v) is 3.90. The van der Waals surface area contributed by atoms with Crippen LogP contribution in [0, 0.1) is 0 Å². The Labute approximate surface area is 80.6 Å². The molecule has 0 aliphatic heterocycles. The smallest absolute Gasteiger partial charge is 0.305 e. The Morgan fingerprint density at radius 2 is 2.38 bits per heavy atom. The minimum Gasteiger partial charge on any atom is -0.481 e. The molecule has 0 saturated carbocycles. The summed E-state index contributed by atoms with van der Waals surface area (Å²) in [7, 11) is 0. The summed E-state index contributed by atoms with van der Waals surface area (Å²) in [5.74, 6) is -0.946. The summed E-state index contributed by atoms with van der Waals surface area (Å²) in [5.41, 5.74) is 0. The summed E-state index contributed by atoms with van der Waals surface area (Å²) < 4.78 is 0. The Balaban J connectivity index is 2.22. The fraction of sp³-hybridized carbons (Fsp3) is 0.444. The predicted octanol–water partition coefficient (Wildman–Crippen LogP) is 1.52. The van der Waals surface area contributed by atoms with Crippen molar-refractivity contribution < 1.29 is 15.0 Å². The standard InChI is InChI=1S/C9H12O3S/c10-7(6-9(11)12)3-4-8-2-1-5-13-8/h1-2,5,7,10H,3-4,6H2,(H,11,12). The average Bonchev–Trinajstić information content (AvgIpc) is 2.51. The lowest BCUT2D eigenvalue weighted by molar-refractivity contribution is -0.139. The Bertz CT molecular complexity index is 256. The van der Waals surface area contributed by atoms with Crippen LogP contribution in [0.1, 0.15) is 17.7 Å². The van der Waals surface area contributed by atoms with E-state index in [9.17, 15) is 9.90 Å². The molecule has 1 rings (SSSR count). The predicted molar refractivity (Wildman–Crippen MR) is 50.9 cm³/mol. The lowest BCUT2D eigenvalue weighted by Crippen LogP contribution is -2.13. The van der Waals surface area contributed by atoms with Crippen LogP contribution >= 0.6 is 11.3 Å². The summed E-state index contributed by atoms with van der Waals surface area (Å²) >= 11 is 1.63. The summed E-state index contributed by atoms with van der Waals surface area (Å²) in [5, 5.41) is 19.6. The largest absolute Gasteiger partial charge is 0.481 e. The number of thiophene rings is 1. The Kier molecular flexibility index (Phi) is 3.92. The first-order valence-electron chi connectivity index (χ1n) is 4.10. The van der Waals surface area contributed by atoms with Gasteiger partial charge >= 0.3 is 5.97 Å². The van der Waals surface area contributed by atoms with E-state index in [0.717, 1.165) is 6.42 Å². The second kappa shape index (κ2) is 4.99. The lowest BCUT2D eigenvalue weighted by atomic mass is 10.1. The highest BCUT2D eigenvalue weighted by Gasteiger charge is 2.09. The van der Waals surface area contributed by atoms with Gasteiger partial charge in [-0.05, 0) is 24.3 Å². The second-order valence-electron chi connectivity index (χ2n) is 2.87. The Morgan fingerprint density at radius 3 is 2.92 bits per heavy atom. The van der Waals surface area contributed by atoms with Gasteiger partial charge in [0.15, 0.2) is 0 Å². The molecule has 1 heterocycles. The number of carbonyl (C=O) groups is 1. The molecule has 0 saturated heterocycles. The molecule has 0 aliphatic rings. The van der Waals surface area contributed by atoms with Gasteiger partial charge in [0, 0.05) is 4.88 Å². The van der Waals surface area contributed by atoms with Crippen molar-refractivity contribution in [2.45, 2.75) is 25.4 Å². The van der Waals surface area contributed by atoms with Crippen LogP contribution in [-0.4, -0.2) is 22.3 Å². The average molecular weight is 200 g/mol. The molecule has 0 amide bonds. The first kappa shape index (κ1) is 10.2. The van der Waals surface area contributed by atoms with Crippen molar-refractivity contribution in [3.63, 3.8) is 0 Å². The molecule has 0 radical (unpaired) electrons. The molecule has 0 aliphatic carbocycles. The minimum atomic E-state index is -0.946. The summed E-state index contributed by atoms with van der Waals surface area (Å²) in [6, 6.07) is 3.93. The third-order valence-corrected chi connectivity index (χ3v) is 2.65. The van der Waals surface area contributed by atoms with Gasteiger partial charge in [-0.3, -0.25) is 4.79 Å². The SMILES string of the molecule is O=C(O)CC(O)CCc1cccs1. The first-order valence-corrected chi connectivity index (χ1v) is 4.98. The molecule has 13 heavy (non-hydrogen) atoms. The molecule has 0 aromatic carbocycles. The maximum Gasteiger partial charge on any atom is 0.305 e. The highest BCUT2D eigenvalue weighted by Crippen LogP contribution is 2.12. The van der Waals surface area contributed by atoms with Crippen LogP contribution in [0.2, 0.25) is 0 Å². The van der Waals surface area contributed by atoms with Crippen molar-refractivity contribution >= 4 is 17.3 Å². The van der Waals surface area contributed by atoms with E-state index in [-0.39, 0.29) is 6.42 Å². The summed E-state index contributed by atoms with van der Waals surface area (Å²) in [6.45, 7) is 0. The molecule has 2 N–H and O–H groups in total. The number of rotatable bonds is 5. The zero-order valence-corrected chi connectivity index (χ0v) is 7.96. The number of aryl methyl sites for hydroxylation is 1. The van der Waals surface area contributed by atoms with E-state index in [2.05, 4.69) is 0 Å². The van der Waals surface area contributed by atoms with E-state index in [0.29, 0.717) is 6.42 Å². The normalized spacial score (nSPS) is 12.7. The van der Waals surface area contributed by atoms with E-state index >= 15 is 0 Å². The molecule has 1 aromatic heterocycles.